The molecule has 0 unspecified atom stereocenters. The summed E-state index contributed by atoms with van der Waals surface area (Å²) in [4.78, 5) is 3.13. The summed E-state index contributed by atoms with van der Waals surface area (Å²) in [6, 6.07) is 22.0. The van der Waals surface area contributed by atoms with Crippen LogP contribution in [0.5, 0.6) is 0 Å². The van der Waals surface area contributed by atoms with Crippen LogP contribution in [0.15, 0.2) is 54.6 Å². The van der Waals surface area contributed by atoms with Crippen molar-refractivity contribution in [2.75, 3.05) is 0 Å². The van der Waals surface area contributed by atoms with Gasteiger partial charge in [0.15, 0.2) is 0 Å². The number of benzene rings is 3. The average molecular weight is 387 g/mol. The van der Waals surface area contributed by atoms with Crippen LogP contribution in [0.2, 0.25) is 0 Å². The topological polar surface area (TPSA) is 12.0 Å². The summed E-state index contributed by atoms with van der Waals surface area (Å²) < 4.78 is 0. The van der Waals surface area contributed by atoms with Crippen LogP contribution >= 0.6 is 0 Å². The summed E-state index contributed by atoms with van der Waals surface area (Å²) in [7, 11) is 1.79. The van der Waals surface area contributed by atoms with E-state index < -0.39 is 0 Å². The van der Waals surface area contributed by atoms with Crippen molar-refractivity contribution in [3.05, 3.63) is 90.4 Å². The Morgan fingerprint density at radius 2 is 1.28 bits per heavy atom. The Balaban J connectivity index is -0.000000180. The zero-order chi connectivity index (χ0) is 14.6. The Morgan fingerprint density at radius 3 is 1.84 bits per heavy atom. The molecule has 25 heavy (non-hydrogen) atoms. The van der Waals surface area contributed by atoms with Gasteiger partial charge in [0.1, 0.15) is 0 Å². The van der Waals surface area contributed by atoms with Crippen LogP contribution in [-0.4, -0.2) is 15.9 Å². The van der Waals surface area contributed by atoms with Gasteiger partial charge in [-0.2, -0.15) is 24.3 Å². The molecule has 1 radical (unpaired) electrons. The monoisotopic (exact) mass is 387 g/mol. The standard InChI is InChI=1S/C14H9.C4H12NSi.4CH3.Ti/c1-3-7-13-11(5-1)9-10-12-6-2-4-8-14(12)13;1-4(2,3)5-6;;;;;/h1,3-10H;5H,6H2,1-3H3;4*1H3;/q-1;;4*-1;. The van der Waals surface area contributed by atoms with E-state index in [0.29, 0.717) is 5.54 Å². The third-order valence-electron chi connectivity index (χ3n) is 3.12. The first-order valence-corrected chi connectivity index (χ1v) is 7.54. The number of rotatable bonds is 0. The molecule has 0 atom stereocenters. The summed E-state index contributed by atoms with van der Waals surface area (Å²) >= 11 is 0. The minimum absolute atomic E-state index is 0. The first kappa shape index (κ1) is 31.8. The first-order valence-electron chi connectivity index (χ1n) is 6.83. The molecule has 0 saturated heterocycles. The third kappa shape index (κ3) is 9.37. The maximum atomic E-state index is 3.13. The van der Waals surface area contributed by atoms with Crippen molar-refractivity contribution in [2.45, 2.75) is 26.3 Å². The van der Waals surface area contributed by atoms with E-state index in [9.17, 15) is 0 Å². The van der Waals surface area contributed by atoms with Gasteiger partial charge in [-0.05, 0) is 31.5 Å². The van der Waals surface area contributed by atoms with E-state index in [4.69, 9.17) is 0 Å². The summed E-state index contributed by atoms with van der Waals surface area (Å²) in [6.07, 6.45) is 0. The molecule has 139 valence electrons. The fourth-order valence-electron chi connectivity index (χ4n) is 1.89. The average Bonchev–Trinajstić information content (AvgIpc) is 2.47. The molecule has 0 heterocycles. The fraction of sp³-hybridized carbons (Fsp3) is 0.182. The zero-order valence-electron chi connectivity index (χ0n) is 16.9. The second-order valence-corrected chi connectivity index (χ2v) is 6.21. The van der Waals surface area contributed by atoms with Gasteiger partial charge in [0, 0.05) is 27.3 Å². The van der Waals surface area contributed by atoms with E-state index in [1.807, 2.05) is 12.1 Å². The van der Waals surface area contributed by atoms with Crippen molar-refractivity contribution in [1.82, 2.24) is 4.98 Å². The fourth-order valence-corrected chi connectivity index (χ4v) is 1.89. The van der Waals surface area contributed by atoms with Gasteiger partial charge in [-0.25, -0.2) is 0 Å². The molecule has 0 saturated carbocycles. The number of nitrogens with one attached hydrogen (secondary N) is 1. The molecule has 3 rings (SSSR count). The van der Waals surface area contributed by atoms with Gasteiger partial charge in [0.25, 0.3) is 0 Å². The van der Waals surface area contributed by atoms with E-state index in [-0.39, 0.29) is 51.4 Å². The van der Waals surface area contributed by atoms with Crippen LogP contribution in [0.25, 0.3) is 21.5 Å². The summed E-state index contributed by atoms with van der Waals surface area (Å²) in [6.45, 7) is 6.42. The maximum Gasteiger partial charge on any atom is 0.0938 e. The van der Waals surface area contributed by atoms with Crippen LogP contribution < -0.4 is 4.98 Å². The van der Waals surface area contributed by atoms with E-state index in [1.54, 1.807) is 10.4 Å². The van der Waals surface area contributed by atoms with Gasteiger partial charge in [0.2, 0.25) is 0 Å². The van der Waals surface area contributed by atoms with Crippen molar-refractivity contribution in [3.8, 4) is 0 Å². The normalized spacial score (nSPS) is 8.96. The molecule has 1 nitrogen and oxygen atoms in total. The molecule has 0 aliphatic heterocycles. The van der Waals surface area contributed by atoms with Crippen LogP contribution in [0, 0.1) is 35.8 Å². The molecule has 0 aliphatic rings. The van der Waals surface area contributed by atoms with Gasteiger partial charge in [-0.3, -0.25) is 0 Å². The van der Waals surface area contributed by atoms with Crippen LogP contribution in [0.4, 0.5) is 0 Å². The molecular weight excluding hydrogens is 354 g/mol. The van der Waals surface area contributed by atoms with Crippen molar-refractivity contribution >= 4 is 31.9 Å². The molecule has 3 heteroatoms. The molecule has 3 aromatic rings. The van der Waals surface area contributed by atoms with Gasteiger partial charge in [-0.1, -0.05) is 30.3 Å². The van der Waals surface area contributed by atoms with Crippen molar-refractivity contribution in [3.63, 3.8) is 0 Å². The third-order valence-corrected chi connectivity index (χ3v) is 4.18. The molecule has 0 fully saturated rings. The van der Waals surface area contributed by atoms with Crippen molar-refractivity contribution < 1.29 is 21.7 Å². The second kappa shape index (κ2) is 14.3. The van der Waals surface area contributed by atoms with Gasteiger partial charge in [0.05, 0.1) is 10.4 Å². The van der Waals surface area contributed by atoms with E-state index >= 15 is 0 Å². The molecule has 0 amide bonds. The van der Waals surface area contributed by atoms with Crippen molar-refractivity contribution in [1.29, 1.82) is 0 Å². The summed E-state index contributed by atoms with van der Waals surface area (Å²) in [5.41, 5.74) is 0.304. The summed E-state index contributed by atoms with van der Waals surface area (Å²) in [5.74, 6) is 0. The predicted octanol–water partition coefficient (Wildman–Crippen LogP) is 5.51. The Hall–Kier alpha value is -0.929. The SMILES string of the molecule is CC(C)(C)N[SiH2].[CH3-].[CH3-].[CH3-].[CH3-].[Ti].[c-]1ccc2c(c1)ccc1ccccc12. The summed E-state index contributed by atoms with van der Waals surface area (Å²) in [5, 5.41) is 5.18. The van der Waals surface area contributed by atoms with E-state index in [2.05, 4.69) is 74.3 Å². The second-order valence-electron chi connectivity index (χ2n) is 5.86. The van der Waals surface area contributed by atoms with Crippen molar-refractivity contribution in [2.24, 2.45) is 0 Å². The van der Waals surface area contributed by atoms with Gasteiger partial charge in [-0.15, -0.1) is 16.8 Å². The van der Waals surface area contributed by atoms with Gasteiger partial charge >= 0.3 is 0 Å². The van der Waals surface area contributed by atoms with E-state index in [0.717, 1.165) is 0 Å². The Bertz CT molecular complexity index is 650. The Labute approximate surface area is 175 Å². The minimum Gasteiger partial charge on any atom is -0.358 e. The molecule has 3 aromatic carbocycles. The first-order chi connectivity index (χ1) is 9.51. The number of fused-ring (bicyclic) bond motifs is 3. The number of hydrogen-bond donors (Lipinski definition) is 1. The Kier molecular flexibility index (Phi) is 18.1. The molecule has 0 spiro atoms. The maximum absolute atomic E-state index is 3.13. The predicted molar refractivity (Wildman–Crippen MR) is 117 cm³/mol. The van der Waals surface area contributed by atoms with Crippen LogP contribution in [0.1, 0.15) is 20.8 Å². The minimum atomic E-state index is 0. The molecule has 0 aromatic heterocycles. The quantitative estimate of drug-likeness (QED) is 0.304. The van der Waals surface area contributed by atoms with Crippen LogP contribution in [-0.2, 0) is 21.7 Å². The molecule has 0 bridgehead atoms. The number of hydrogen-bond acceptors (Lipinski definition) is 1. The van der Waals surface area contributed by atoms with E-state index in [1.165, 1.54) is 21.5 Å². The zero-order valence-corrected chi connectivity index (χ0v) is 19.9. The molecule has 1 N–H and O–H groups in total. The molecular formula is C22H33NSiTi-5. The molecule has 0 aliphatic carbocycles. The van der Waals surface area contributed by atoms with Gasteiger partial charge < -0.3 is 34.7 Å². The largest absolute Gasteiger partial charge is 0.358 e. The van der Waals surface area contributed by atoms with Crippen LogP contribution in [0.3, 0.4) is 0 Å². The Morgan fingerprint density at radius 1 is 0.800 bits per heavy atom. The smallest absolute Gasteiger partial charge is 0.0938 e.